The summed E-state index contributed by atoms with van der Waals surface area (Å²) in [5.74, 6) is -0.655. The maximum absolute atomic E-state index is 14.0. The first-order valence-electron chi connectivity index (χ1n) is 7.60. The summed E-state index contributed by atoms with van der Waals surface area (Å²) >= 11 is 0. The standard InChI is InChI=1S/C17H25FN2O/c1-16(2,3)14-10-6-7-11-17(14,15(19)21)20-13-9-5-4-8-12(13)18/h4-5,8-9,14,20H,6-7,10-11H2,1-3H3,(H2,19,21). The number of primary amides is 1. The van der Waals surface area contributed by atoms with Crippen LogP contribution in [0.15, 0.2) is 24.3 Å². The van der Waals surface area contributed by atoms with Crippen molar-refractivity contribution in [3.8, 4) is 0 Å². The number of anilines is 1. The largest absolute Gasteiger partial charge is 0.369 e. The number of carbonyl (C=O) groups excluding carboxylic acids is 1. The molecule has 1 aliphatic rings. The molecule has 2 rings (SSSR count). The Kier molecular flexibility index (Phi) is 4.26. The average Bonchev–Trinajstić information content (AvgIpc) is 2.40. The smallest absolute Gasteiger partial charge is 0.243 e. The van der Waals surface area contributed by atoms with Crippen LogP contribution in [0.1, 0.15) is 46.5 Å². The van der Waals surface area contributed by atoms with Crippen LogP contribution in [-0.2, 0) is 4.79 Å². The summed E-state index contributed by atoms with van der Waals surface area (Å²) in [6.07, 6.45) is 3.58. The Bertz CT molecular complexity index is 524. The van der Waals surface area contributed by atoms with E-state index in [4.69, 9.17) is 5.73 Å². The number of rotatable bonds is 3. The lowest BCUT2D eigenvalue weighted by atomic mass is 9.61. The van der Waals surface area contributed by atoms with Crippen molar-refractivity contribution in [2.45, 2.75) is 52.0 Å². The van der Waals surface area contributed by atoms with E-state index in [1.165, 1.54) is 6.07 Å². The summed E-state index contributed by atoms with van der Waals surface area (Å²) in [5.41, 5.74) is 5.17. The van der Waals surface area contributed by atoms with Gasteiger partial charge in [0, 0.05) is 0 Å². The lowest BCUT2D eigenvalue weighted by Gasteiger charge is -2.49. The van der Waals surface area contributed by atoms with E-state index in [-0.39, 0.29) is 23.1 Å². The molecule has 0 aromatic heterocycles. The number of nitrogens with one attached hydrogen (secondary N) is 1. The molecule has 1 fully saturated rings. The van der Waals surface area contributed by atoms with Gasteiger partial charge < -0.3 is 11.1 Å². The van der Waals surface area contributed by atoms with Crippen LogP contribution in [0.2, 0.25) is 0 Å². The molecule has 0 saturated heterocycles. The Morgan fingerprint density at radius 1 is 1.33 bits per heavy atom. The molecule has 0 bridgehead atoms. The SMILES string of the molecule is CC(C)(C)C1CCCCC1(Nc1ccccc1F)C(N)=O. The third-order valence-electron chi connectivity index (χ3n) is 4.63. The summed E-state index contributed by atoms with van der Waals surface area (Å²) in [6, 6.07) is 6.45. The van der Waals surface area contributed by atoms with Crippen LogP contribution in [0.3, 0.4) is 0 Å². The monoisotopic (exact) mass is 292 g/mol. The molecule has 0 aliphatic heterocycles. The van der Waals surface area contributed by atoms with Gasteiger partial charge in [0.25, 0.3) is 0 Å². The van der Waals surface area contributed by atoms with Crippen molar-refractivity contribution in [1.82, 2.24) is 0 Å². The molecular weight excluding hydrogens is 267 g/mol. The molecule has 1 saturated carbocycles. The van der Waals surface area contributed by atoms with Crippen LogP contribution < -0.4 is 11.1 Å². The van der Waals surface area contributed by atoms with E-state index >= 15 is 0 Å². The van der Waals surface area contributed by atoms with Gasteiger partial charge in [-0.15, -0.1) is 0 Å². The zero-order valence-electron chi connectivity index (χ0n) is 13.1. The maximum atomic E-state index is 14.0. The molecule has 1 amide bonds. The highest BCUT2D eigenvalue weighted by molar-refractivity contribution is 5.88. The van der Waals surface area contributed by atoms with Crippen molar-refractivity contribution < 1.29 is 9.18 Å². The molecule has 4 heteroatoms. The maximum Gasteiger partial charge on any atom is 0.243 e. The van der Waals surface area contributed by atoms with E-state index in [2.05, 4.69) is 26.1 Å². The highest BCUT2D eigenvalue weighted by atomic mass is 19.1. The topological polar surface area (TPSA) is 55.1 Å². The van der Waals surface area contributed by atoms with E-state index in [0.717, 1.165) is 19.3 Å². The third-order valence-corrected chi connectivity index (χ3v) is 4.63. The predicted molar refractivity (Wildman–Crippen MR) is 83.4 cm³/mol. The minimum Gasteiger partial charge on any atom is -0.369 e. The lowest BCUT2D eigenvalue weighted by Crippen LogP contribution is -2.60. The fourth-order valence-corrected chi connectivity index (χ4v) is 3.65. The van der Waals surface area contributed by atoms with Crippen LogP contribution in [0, 0.1) is 17.2 Å². The number of carbonyl (C=O) groups is 1. The average molecular weight is 292 g/mol. The minimum absolute atomic E-state index is 0.0757. The molecule has 2 unspecified atom stereocenters. The van der Waals surface area contributed by atoms with Gasteiger partial charge in [0.05, 0.1) is 5.69 Å². The summed E-state index contributed by atoms with van der Waals surface area (Å²) in [7, 11) is 0. The van der Waals surface area contributed by atoms with Gasteiger partial charge in [-0.25, -0.2) is 4.39 Å². The van der Waals surface area contributed by atoms with E-state index in [9.17, 15) is 9.18 Å². The number of para-hydroxylation sites is 1. The van der Waals surface area contributed by atoms with Gasteiger partial charge in [-0.3, -0.25) is 4.79 Å². The number of benzene rings is 1. The molecule has 3 nitrogen and oxygen atoms in total. The van der Waals surface area contributed by atoms with Crippen LogP contribution in [0.5, 0.6) is 0 Å². The van der Waals surface area contributed by atoms with Gasteiger partial charge in [0.1, 0.15) is 11.4 Å². The second-order valence-electron chi connectivity index (χ2n) is 7.10. The molecular formula is C17H25FN2O. The van der Waals surface area contributed by atoms with Crippen molar-refractivity contribution in [3.05, 3.63) is 30.1 Å². The molecule has 21 heavy (non-hydrogen) atoms. The van der Waals surface area contributed by atoms with E-state index < -0.39 is 5.54 Å². The highest BCUT2D eigenvalue weighted by Gasteiger charge is 2.50. The Labute approximate surface area is 126 Å². The Balaban J connectivity index is 2.44. The fourth-order valence-electron chi connectivity index (χ4n) is 3.65. The van der Waals surface area contributed by atoms with Gasteiger partial charge >= 0.3 is 0 Å². The number of hydrogen-bond donors (Lipinski definition) is 2. The Morgan fingerprint density at radius 3 is 2.57 bits per heavy atom. The normalized spacial score (nSPS) is 26.4. The summed E-state index contributed by atoms with van der Waals surface area (Å²) in [6.45, 7) is 6.34. The number of amides is 1. The number of hydrogen-bond acceptors (Lipinski definition) is 2. The van der Waals surface area contributed by atoms with Gasteiger partial charge in [0.15, 0.2) is 0 Å². The first-order valence-corrected chi connectivity index (χ1v) is 7.60. The second-order valence-corrected chi connectivity index (χ2v) is 7.10. The fraction of sp³-hybridized carbons (Fsp3) is 0.588. The second kappa shape index (κ2) is 5.66. The van der Waals surface area contributed by atoms with Crippen LogP contribution in [0.25, 0.3) is 0 Å². The molecule has 0 heterocycles. The van der Waals surface area contributed by atoms with E-state index in [1.54, 1.807) is 18.2 Å². The Hall–Kier alpha value is -1.58. The molecule has 2 atom stereocenters. The summed E-state index contributed by atoms with van der Waals surface area (Å²) in [5, 5.41) is 3.17. The van der Waals surface area contributed by atoms with E-state index in [1.807, 2.05) is 0 Å². The molecule has 0 radical (unpaired) electrons. The quantitative estimate of drug-likeness (QED) is 0.892. The third kappa shape index (κ3) is 3.04. The van der Waals surface area contributed by atoms with Gasteiger partial charge in [-0.2, -0.15) is 0 Å². The summed E-state index contributed by atoms with van der Waals surface area (Å²) < 4.78 is 14.0. The van der Waals surface area contributed by atoms with Crippen molar-refractivity contribution in [2.75, 3.05) is 5.32 Å². The van der Waals surface area contributed by atoms with Crippen molar-refractivity contribution in [3.63, 3.8) is 0 Å². The van der Waals surface area contributed by atoms with Gasteiger partial charge in [-0.05, 0) is 36.3 Å². The first-order chi connectivity index (χ1) is 9.77. The Morgan fingerprint density at radius 2 is 2.00 bits per heavy atom. The van der Waals surface area contributed by atoms with Crippen molar-refractivity contribution in [1.29, 1.82) is 0 Å². The van der Waals surface area contributed by atoms with Crippen LogP contribution in [-0.4, -0.2) is 11.4 Å². The van der Waals surface area contributed by atoms with Crippen LogP contribution >= 0.6 is 0 Å². The lowest BCUT2D eigenvalue weighted by molar-refractivity contribution is -0.127. The molecule has 1 aromatic rings. The van der Waals surface area contributed by atoms with Crippen LogP contribution in [0.4, 0.5) is 10.1 Å². The van der Waals surface area contributed by atoms with Crippen molar-refractivity contribution >= 4 is 11.6 Å². The number of nitrogens with two attached hydrogens (primary N) is 1. The minimum atomic E-state index is -0.876. The molecule has 0 spiro atoms. The zero-order chi connectivity index (χ0) is 15.7. The molecule has 1 aromatic carbocycles. The van der Waals surface area contributed by atoms with Gasteiger partial charge in [-0.1, -0.05) is 45.7 Å². The van der Waals surface area contributed by atoms with Crippen molar-refractivity contribution in [2.24, 2.45) is 17.1 Å². The zero-order valence-corrected chi connectivity index (χ0v) is 13.1. The predicted octanol–water partition coefficient (Wildman–Crippen LogP) is 3.70. The number of halogens is 1. The summed E-state index contributed by atoms with van der Waals surface area (Å²) in [4.78, 5) is 12.3. The molecule has 3 N–H and O–H groups in total. The molecule has 1 aliphatic carbocycles. The van der Waals surface area contributed by atoms with Gasteiger partial charge in [0.2, 0.25) is 5.91 Å². The van der Waals surface area contributed by atoms with E-state index in [0.29, 0.717) is 12.1 Å². The first kappa shape index (κ1) is 15.8. The molecule has 116 valence electrons. The highest BCUT2D eigenvalue weighted by Crippen LogP contribution is 2.46.